The van der Waals surface area contributed by atoms with Crippen molar-refractivity contribution in [3.63, 3.8) is 0 Å². The highest BCUT2D eigenvalue weighted by Gasteiger charge is 2.40. The van der Waals surface area contributed by atoms with Crippen molar-refractivity contribution in [1.82, 2.24) is 10.2 Å². The van der Waals surface area contributed by atoms with Gasteiger partial charge in [0.25, 0.3) is 0 Å². The summed E-state index contributed by atoms with van der Waals surface area (Å²) in [6, 6.07) is 1.33. The summed E-state index contributed by atoms with van der Waals surface area (Å²) in [7, 11) is 0. The Balaban J connectivity index is 1.54. The van der Waals surface area contributed by atoms with Gasteiger partial charge in [-0.2, -0.15) is 5.10 Å². The number of carbonyl (C=O) groups excluding carboxylic acids is 1. The van der Waals surface area contributed by atoms with Gasteiger partial charge in [-0.3, -0.25) is 9.89 Å². The first-order chi connectivity index (χ1) is 9.11. The topological polar surface area (TPSA) is 95.1 Å². The van der Waals surface area contributed by atoms with Gasteiger partial charge >= 0.3 is 5.97 Å². The third kappa shape index (κ3) is 2.47. The normalized spacial score (nSPS) is 28.5. The SMILES string of the molecule is O=C(CC1CC2CCC1C2)Nc1cc(C(=O)O)[nH]n1. The number of carbonyl (C=O) groups is 2. The average molecular weight is 263 g/mol. The number of anilines is 1. The molecule has 3 rings (SSSR count). The minimum Gasteiger partial charge on any atom is -0.477 e. The van der Waals surface area contributed by atoms with Gasteiger partial charge in [-0.15, -0.1) is 0 Å². The number of carboxylic acids is 1. The summed E-state index contributed by atoms with van der Waals surface area (Å²) in [5.74, 6) is 1.17. The van der Waals surface area contributed by atoms with Gasteiger partial charge < -0.3 is 10.4 Å². The molecule has 2 saturated carbocycles. The first-order valence-electron chi connectivity index (χ1n) is 6.70. The maximum absolute atomic E-state index is 11.9. The quantitative estimate of drug-likeness (QED) is 0.772. The summed E-state index contributed by atoms with van der Waals surface area (Å²) < 4.78 is 0. The second kappa shape index (κ2) is 4.68. The number of rotatable bonds is 4. The van der Waals surface area contributed by atoms with Crippen LogP contribution in [0.3, 0.4) is 0 Å². The number of aromatic carboxylic acids is 1. The number of hydrogen-bond acceptors (Lipinski definition) is 3. The van der Waals surface area contributed by atoms with Crippen LogP contribution in [0.25, 0.3) is 0 Å². The molecule has 2 bridgehead atoms. The molecule has 1 aromatic heterocycles. The van der Waals surface area contributed by atoms with Gasteiger partial charge in [-0.05, 0) is 37.0 Å². The fraction of sp³-hybridized carbons (Fsp3) is 0.615. The average Bonchev–Trinajstić information content (AvgIpc) is 3.03. The summed E-state index contributed by atoms with van der Waals surface area (Å²) in [5, 5.41) is 17.5. The van der Waals surface area contributed by atoms with Crippen molar-refractivity contribution in [1.29, 1.82) is 0 Å². The lowest BCUT2D eigenvalue weighted by Gasteiger charge is -2.20. The monoisotopic (exact) mass is 263 g/mol. The number of aromatic nitrogens is 2. The van der Waals surface area contributed by atoms with Crippen molar-refractivity contribution >= 4 is 17.7 Å². The smallest absolute Gasteiger partial charge is 0.353 e. The maximum Gasteiger partial charge on any atom is 0.353 e. The molecule has 3 unspecified atom stereocenters. The first-order valence-corrected chi connectivity index (χ1v) is 6.70. The Morgan fingerprint density at radius 3 is 2.84 bits per heavy atom. The molecule has 1 heterocycles. The predicted octanol–water partition coefficient (Wildman–Crippen LogP) is 1.87. The van der Waals surface area contributed by atoms with Crippen molar-refractivity contribution in [2.75, 3.05) is 5.32 Å². The molecule has 2 aliphatic carbocycles. The predicted molar refractivity (Wildman–Crippen MR) is 67.7 cm³/mol. The van der Waals surface area contributed by atoms with E-state index in [1.54, 1.807) is 0 Å². The van der Waals surface area contributed by atoms with Crippen molar-refractivity contribution in [2.24, 2.45) is 17.8 Å². The van der Waals surface area contributed by atoms with E-state index in [1.165, 1.54) is 31.7 Å². The number of aromatic amines is 1. The van der Waals surface area contributed by atoms with Gasteiger partial charge in [0, 0.05) is 12.5 Å². The molecule has 6 nitrogen and oxygen atoms in total. The second-order valence-electron chi connectivity index (χ2n) is 5.66. The molecule has 102 valence electrons. The van der Waals surface area contributed by atoms with Gasteiger partial charge in [0.2, 0.25) is 5.91 Å². The van der Waals surface area contributed by atoms with E-state index >= 15 is 0 Å². The zero-order chi connectivity index (χ0) is 13.4. The fourth-order valence-electron chi connectivity index (χ4n) is 3.55. The van der Waals surface area contributed by atoms with E-state index in [0.717, 1.165) is 5.92 Å². The van der Waals surface area contributed by atoms with Crippen molar-refractivity contribution in [3.05, 3.63) is 11.8 Å². The van der Waals surface area contributed by atoms with Crippen molar-refractivity contribution < 1.29 is 14.7 Å². The highest BCUT2D eigenvalue weighted by Crippen LogP contribution is 2.49. The molecular formula is C13H17N3O3. The second-order valence-corrected chi connectivity index (χ2v) is 5.66. The van der Waals surface area contributed by atoms with Gasteiger partial charge in [-0.25, -0.2) is 4.79 Å². The van der Waals surface area contributed by atoms with Gasteiger partial charge in [0.1, 0.15) is 5.69 Å². The zero-order valence-corrected chi connectivity index (χ0v) is 10.6. The number of amides is 1. The number of nitrogens with zero attached hydrogens (tertiary/aromatic N) is 1. The largest absolute Gasteiger partial charge is 0.477 e. The molecule has 0 aromatic carbocycles. The van der Waals surface area contributed by atoms with Crippen LogP contribution in [0.5, 0.6) is 0 Å². The Kier molecular flexibility index (Phi) is 3.00. The summed E-state index contributed by atoms with van der Waals surface area (Å²) in [6.07, 6.45) is 5.55. The van der Waals surface area contributed by atoms with E-state index in [0.29, 0.717) is 18.3 Å². The Morgan fingerprint density at radius 2 is 2.26 bits per heavy atom. The van der Waals surface area contributed by atoms with Gasteiger partial charge in [0.15, 0.2) is 5.82 Å². The van der Waals surface area contributed by atoms with Crippen molar-refractivity contribution in [3.8, 4) is 0 Å². The molecule has 3 N–H and O–H groups in total. The molecule has 0 aliphatic heterocycles. The molecule has 0 saturated heterocycles. The molecule has 2 aliphatic rings. The van der Waals surface area contributed by atoms with Crippen LogP contribution in [0.4, 0.5) is 5.82 Å². The molecule has 19 heavy (non-hydrogen) atoms. The molecule has 1 aromatic rings. The van der Waals surface area contributed by atoms with Crippen LogP contribution in [0.2, 0.25) is 0 Å². The summed E-state index contributed by atoms with van der Waals surface area (Å²) in [5.41, 5.74) is -0.0183. The molecule has 1 amide bonds. The van der Waals surface area contributed by atoms with E-state index in [4.69, 9.17) is 5.11 Å². The van der Waals surface area contributed by atoms with Crippen LogP contribution in [-0.4, -0.2) is 27.2 Å². The Hall–Kier alpha value is -1.85. The minimum atomic E-state index is -1.08. The van der Waals surface area contributed by atoms with Crippen molar-refractivity contribution in [2.45, 2.75) is 32.1 Å². The number of hydrogen-bond donors (Lipinski definition) is 3. The lowest BCUT2D eigenvalue weighted by Crippen LogP contribution is -2.20. The summed E-state index contributed by atoms with van der Waals surface area (Å²) >= 11 is 0. The van der Waals surface area contributed by atoms with E-state index in [1.807, 2.05) is 0 Å². The number of fused-ring (bicyclic) bond motifs is 2. The Bertz CT molecular complexity index is 511. The van der Waals surface area contributed by atoms with Crippen LogP contribution in [0, 0.1) is 17.8 Å². The Morgan fingerprint density at radius 1 is 1.42 bits per heavy atom. The van der Waals surface area contributed by atoms with E-state index in [-0.39, 0.29) is 17.4 Å². The highest BCUT2D eigenvalue weighted by atomic mass is 16.4. The van der Waals surface area contributed by atoms with Crippen LogP contribution in [0.1, 0.15) is 42.6 Å². The van der Waals surface area contributed by atoms with E-state index < -0.39 is 5.97 Å². The number of nitrogens with one attached hydrogen (secondary N) is 2. The lowest BCUT2D eigenvalue weighted by atomic mass is 9.86. The molecule has 6 heteroatoms. The highest BCUT2D eigenvalue weighted by molar-refractivity contribution is 5.92. The Labute approximate surface area is 110 Å². The van der Waals surface area contributed by atoms with Crippen LogP contribution in [0.15, 0.2) is 6.07 Å². The maximum atomic E-state index is 11.9. The molecular weight excluding hydrogens is 246 g/mol. The standard InChI is InChI=1S/C13H17N3O3/c17-12(5-9-4-7-1-2-8(9)3-7)14-11-6-10(13(18)19)15-16-11/h6-9H,1-5H2,(H,18,19)(H2,14,15,16,17). The molecule has 0 spiro atoms. The molecule has 3 atom stereocenters. The third-order valence-electron chi connectivity index (χ3n) is 4.41. The number of carboxylic acid groups (broad SMARTS) is 1. The van der Waals surface area contributed by atoms with Crippen LogP contribution < -0.4 is 5.32 Å². The van der Waals surface area contributed by atoms with Gasteiger partial charge in [-0.1, -0.05) is 6.42 Å². The summed E-state index contributed by atoms with van der Waals surface area (Å²) in [4.78, 5) is 22.6. The lowest BCUT2D eigenvalue weighted by molar-refractivity contribution is -0.117. The summed E-state index contributed by atoms with van der Waals surface area (Å²) in [6.45, 7) is 0. The van der Waals surface area contributed by atoms with Gasteiger partial charge in [0.05, 0.1) is 0 Å². The number of H-pyrrole nitrogens is 1. The molecule has 0 radical (unpaired) electrons. The molecule has 2 fully saturated rings. The minimum absolute atomic E-state index is 0.0183. The fourth-order valence-corrected chi connectivity index (χ4v) is 3.55. The van der Waals surface area contributed by atoms with E-state index in [2.05, 4.69) is 15.5 Å². The van der Waals surface area contributed by atoms with Crippen LogP contribution >= 0.6 is 0 Å². The first kappa shape index (κ1) is 12.2. The van der Waals surface area contributed by atoms with Crippen LogP contribution in [-0.2, 0) is 4.79 Å². The van der Waals surface area contributed by atoms with E-state index in [9.17, 15) is 9.59 Å². The zero-order valence-electron chi connectivity index (χ0n) is 10.6. The third-order valence-corrected chi connectivity index (χ3v) is 4.41.